The second-order valence-electron chi connectivity index (χ2n) is 4.78. The van der Waals surface area contributed by atoms with E-state index in [1.54, 1.807) is 6.07 Å². The van der Waals surface area contributed by atoms with E-state index in [-0.39, 0.29) is 11.5 Å². The molecule has 3 aromatic carbocycles. The molecule has 3 aromatic rings. The van der Waals surface area contributed by atoms with Gasteiger partial charge in [-0.05, 0) is 29.5 Å². The first-order valence-electron chi connectivity index (χ1n) is 6.49. The van der Waals surface area contributed by atoms with Crippen molar-refractivity contribution in [1.29, 1.82) is 0 Å². The fourth-order valence-corrected chi connectivity index (χ4v) is 2.50. The third-order valence-corrected chi connectivity index (χ3v) is 3.50. The highest BCUT2D eigenvalue weighted by molar-refractivity contribution is 6.07. The Bertz CT molecular complexity index is 789. The molecule has 0 bridgehead atoms. The lowest BCUT2D eigenvalue weighted by molar-refractivity contribution is 0.101. The Kier molecular flexibility index (Phi) is 2.99. The van der Waals surface area contributed by atoms with E-state index in [4.69, 9.17) is 0 Å². The molecule has 3 rings (SSSR count). The van der Waals surface area contributed by atoms with Crippen LogP contribution in [0, 0.1) is 0 Å². The van der Waals surface area contributed by atoms with Crippen LogP contribution in [0.1, 0.15) is 17.3 Å². The van der Waals surface area contributed by atoms with Gasteiger partial charge in [0.25, 0.3) is 0 Å². The van der Waals surface area contributed by atoms with E-state index in [9.17, 15) is 9.90 Å². The van der Waals surface area contributed by atoms with Crippen LogP contribution in [0.5, 0.6) is 5.75 Å². The predicted octanol–water partition coefficient (Wildman–Crippen LogP) is 4.42. The van der Waals surface area contributed by atoms with Gasteiger partial charge in [-0.2, -0.15) is 0 Å². The molecule has 2 heteroatoms. The van der Waals surface area contributed by atoms with E-state index in [0.29, 0.717) is 10.9 Å². The minimum Gasteiger partial charge on any atom is -0.507 e. The largest absolute Gasteiger partial charge is 0.507 e. The summed E-state index contributed by atoms with van der Waals surface area (Å²) < 4.78 is 0. The van der Waals surface area contributed by atoms with E-state index >= 15 is 0 Å². The Morgan fingerprint density at radius 1 is 0.850 bits per heavy atom. The molecule has 20 heavy (non-hydrogen) atoms. The number of fused-ring (bicyclic) bond motifs is 1. The second kappa shape index (κ2) is 4.82. The number of carbonyl (C=O) groups is 1. The van der Waals surface area contributed by atoms with Gasteiger partial charge in [-0.15, -0.1) is 0 Å². The quantitative estimate of drug-likeness (QED) is 0.694. The standard InChI is InChI=1S/C18H14O2/c1-12(19)14-10-11-16-15(13-6-3-2-4-7-13)8-5-9-17(16)18(14)20/h2-11,20H,1H3. The number of phenols is 1. The molecule has 0 aliphatic rings. The van der Waals surface area contributed by atoms with E-state index in [1.807, 2.05) is 54.6 Å². The number of hydrogen-bond acceptors (Lipinski definition) is 2. The van der Waals surface area contributed by atoms with Gasteiger partial charge in [0.15, 0.2) is 5.78 Å². The van der Waals surface area contributed by atoms with Crippen LogP contribution in [0.4, 0.5) is 0 Å². The van der Waals surface area contributed by atoms with Gasteiger partial charge in [0.1, 0.15) is 5.75 Å². The molecule has 0 aromatic heterocycles. The summed E-state index contributed by atoms with van der Waals surface area (Å²) in [6.45, 7) is 1.46. The first-order chi connectivity index (χ1) is 9.68. The summed E-state index contributed by atoms with van der Waals surface area (Å²) >= 11 is 0. The molecule has 0 saturated carbocycles. The number of hydrogen-bond donors (Lipinski definition) is 1. The first-order valence-corrected chi connectivity index (χ1v) is 6.49. The zero-order chi connectivity index (χ0) is 14.1. The van der Waals surface area contributed by atoms with Crippen molar-refractivity contribution in [1.82, 2.24) is 0 Å². The topological polar surface area (TPSA) is 37.3 Å². The Morgan fingerprint density at radius 3 is 2.30 bits per heavy atom. The van der Waals surface area contributed by atoms with E-state index in [1.165, 1.54) is 6.92 Å². The molecule has 0 atom stereocenters. The molecule has 0 fully saturated rings. The molecule has 2 nitrogen and oxygen atoms in total. The molecule has 0 aliphatic carbocycles. The van der Waals surface area contributed by atoms with E-state index in [2.05, 4.69) is 0 Å². The monoisotopic (exact) mass is 262 g/mol. The van der Waals surface area contributed by atoms with Gasteiger partial charge in [-0.1, -0.05) is 54.6 Å². The number of phenolic OH excluding ortho intramolecular Hbond substituents is 1. The van der Waals surface area contributed by atoms with Crippen LogP contribution in [-0.2, 0) is 0 Å². The third-order valence-electron chi connectivity index (χ3n) is 3.50. The number of ketones is 1. The maximum atomic E-state index is 11.5. The minimum atomic E-state index is -0.130. The molecule has 98 valence electrons. The Balaban J connectivity index is 2.32. The Hall–Kier alpha value is -2.61. The smallest absolute Gasteiger partial charge is 0.163 e. The van der Waals surface area contributed by atoms with Crippen molar-refractivity contribution in [3.05, 3.63) is 66.2 Å². The third kappa shape index (κ3) is 1.95. The molecule has 0 heterocycles. The lowest BCUT2D eigenvalue weighted by atomic mass is 9.95. The highest BCUT2D eigenvalue weighted by atomic mass is 16.3. The summed E-state index contributed by atoms with van der Waals surface area (Å²) in [4.78, 5) is 11.5. The maximum absolute atomic E-state index is 11.5. The van der Waals surface area contributed by atoms with Gasteiger partial charge in [0, 0.05) is 5.39 Å². The second-order valence-corrected chi connectivity index (χ2v) is 4.78. The lowest BCUT2D eigenvalue weighted by Gasteiger charge is -2.10. The van der Waals surface area contributed by atoms with Crippen LogP contribution < -0.4 is 0 Å². The molecule has 0 aliphatic heterocycles. The normalized spacial score (nSPS) is 10.7. The van der Waals surface area contributed by atoms with Crippen LogP contribution in [0.3, 0.4) is 0 Å². The summed E-state index contributed by atoms with van der Waals surface area (Å²) in [5.74, 6) is -0.0673. The fourth-order valence-electron chi connectivity index (χ4n) is 2.50. The summed E-state index contributed by atoms with van der Waals surface area (Å²) in [6.07, 6.45) is 0. The average Bonchev–Trinajstić information content (AvgIpc) is 2.48. The van der Waals surface area contributed by atoms with Crippen LogP contribution >= 0.6 is 0 Å². The van der Waals surface area contributed by atoms with Gasteiger partial charge in [0.05, 0.1) is 5.56 Å². The SMILES string of the molecule is CC(=O)c1ccc2c(-c3ccccc3)cccc2c1O. The van der Waals surface area contributed by atoms with Crippen molar-refractivity contribution in [3.8, 4) is 16.9 Å². The molecule has 0 spiro atoms. The van der Waals surface area contributed by atoms with E-state index in [0.717, 1.165) is 16.5 Å². The van der Waals surface area contributed by atoms with Crippen molar-refractivity contribution in [3.63, 3.8) is 0 Å². The van der Waals surface area contributed by atoms with Crippen molar-refractivity contribution in [2.24, 2.45) is 0 Å². The van der Waals surface area contributed by atoms with Gasteiger partial charge < -0.3 is 5.11 Å². The highest BCUT2D eigenvalue weighted by Crippen LogP contribution is 2.35. The summed E-state index contributed by atoms with van der Waals surface area (Å²) in [6, 6.07) is 19.3. The number of Topliss-reactive ketones (excluding diaryl/α,β-unsaturated/α-hetero) is 1. The fraction of sp³-hybridized carbons (Fsp3) is 0.0556. The molecular formula is C18H14O2. The first kappa shape index (κ1) is 12.4. The summed E-state index contributed by atoms with van der Waals surface area (Å²) in [5.41, 5.74) is 2.50. The summed E-state index contributed by atoms with van der Waals surface area (Å²) in [5, 5.41) is 11.9. The number of carbonyl (C=O) groups excluding carboxylic acids is 1. The predicted molar refractivity (Wildman–Crippen MR) is 81.1 cm³/mol. The number of aromatic hydroxyl groups is 1. The zero-order valence-electron chi connectivity index (χ0n) is 11.1. The lowest BCUT2D eigenvalue weighted by Crippen LogP contribution is -1.93. The van der Waals surface area contributed by atoms with Crippen molar-refractivity contribution in [2.45, 2.75) is 6.92 Å². The van der Waals surface area contributed by atoms with Crippen molar-refractivity contribution < 1.29 is 9.90 Å². The summed E-state index contributed by atoms with van der Waals surface area (Å²) in [7, 11) is 0. The average molecular weight is 262 g/mol. The molecule has 0 amide bonds. The minimum absolute atomic E-state index is 0.0628. The van der Waals surface area contributed by atoms with Gasteiger partial charge >= 0.3 is 0 Å². The van der Waals surface area contributed by atoms with Crippen LogP contribution in [0.25, 0.3) is 21.9 Å². The molecule has 0 saturated heterocycles. The molecule has 0 radical (unpaired) electrons. The highest BCUT2D eigenvalue weighted by Gasteiger charge is 2.12. The zero-order valence-corrected chi connectivity index (χ0v) is 11.1. The van der Waals surface area contributed by atoms with Crippen LogP contribution in [0.15, 0.2) is 60.7 Å². The van der Waals surface area contributed by atoms with E-state index < -0.39 is 0 Å². The number of benzene rings is 3. The van der Waals surface area contributed by atoms with Gasteiger partial charge in [-0.3, -0.25) is 4.79 Å². The molecular weight excluding hydrogens is 248 g/mol. The molecule has 1 N–H and O–H groups in total. The van der Waals surface area contributed by atoms with Gasteiger partial charge in [0.2, 0.25) is 0 Å². The van der Waals surface area contributed by atoms with Crippen LogP contribution in [0.2, 0.25) is 0 Å². The van der Waals surface area contributed by atoms with Crippen LogP contribution in [-0.4, -0.2) is 10.9 Å². The number of rotatable bonds is 2. The maximum Gasteiger partial charge on any atom is 0.163 e. The molecule has 0 unspecified atom stereocenters. The Labute approximate surface area is 117 Å². The van der Waals surface area contributed by atoms with Crippen molar-refractivity contribution >= 4 is 16.6 Å². The Morgan fingerprint density at radius 2 is 1.60 bits per heavy atom. The van der Waals surface area contributed by atoms with Crippen molar-refractivity contribution in [2.75, 3.05) is 0 Å². The van der Waals surface area contributed by atoms with Gasteiger partial charge in [-0.25, -0.2) is 0 Å².